The fourth-order valence-electron chi connectivity index (χ4n) is 2.55. The summed E-state index contributed by atoms with van der Waals surface area (Å²) in [5.74, 6) is -2.03. The van der Waals surface area contributed by atoms with Crippen molar-refractivity contribution in [3.05, 3.63) is 65.0 Å². The van der Waals surface area contributed by atoms with Crippen LogP contribution in [0.3, 0.4) is 0 Å². The number of fused-ring (bicyclic) bond motifs is 1. The molecule has 1 aliphatic rings. The zero-order valence-corrected chi connectivity index (χ0v) is 13.7. The largest absolute Gasteiger partial charge is 0.489 e. The molecule has 9 heteroatoms. The second-order valence-electron chi connectivity index (χ2n) is 5.90. The number of benzene rings is 2. The second-order valence-corrected chi connectivity index (χ2v) is 5.90. The molecule has 5 nitrogen and oxygen atoms in total. The predicted octanol–water partition coefficient (Wildman–Crippen LogP) is 2.92. The number of hydrogen-bond donors (Lipinski definition) is 1. The summed E-state index contributed by atoms with van der Waals surface area (Å²) in [6.07, 6.45) is -7.77. The molecule has 0 fully saturated rings. The average molecular weight is 383 g/mol. The molecule has 0 bridgehead atoms. The van der Waals surface area contributed by atoms with E-state index in [2.05, 4.69) is 0 Å². The normalized spacial score (nSPS) is 15.1. The van der Waals surface area contributed by atoms with Crippen LogP contribution in [0.5, 0.6) is 5.75 Å². The van der Waals surface area contributed by atoms with E-state index in [0.29, 0.717) is 10.5 Å². The molecule has 1 atom stereocenters. The molecule has 0 aliphatic carbocycles. The fraction of sp³-hybridized carbons (Fsp3) is 0.222. The van der Waals surface area contributed by atoms with Crippen LogP contribution in [-0.4, -0.2) is 40.6 Å². The summed E-state index contributed by atoms with van der Waals surface area (Å²) in [7, 11) is 0. The van der Waals surface area contributed by atoms with Crippen LogP contribution < -0.4 is 4.74 Å². The van der Waals surface area contributed by atoms with Crippen molar-refractivity contribution in [2.45, 2.75) is 18.9 Å². The number of alkyl halides is 3. The summed E-state index contributed by atoms with van der Waals surface area (Å²) >= 11 is 0. The smallest absolute Gasteiger partial charge is 0.416 e. The van der Waals surface area contributed by atoms with Crippen molar-refractivity contribution in [2.75, 3.05) is 6.54 Å². The molecule has 142 valence electrons. The van der Waals surface area contributed by atoms with E-state index in [9.17, 15) is 27.2 Å². The number of β-amino-alcohol motifs (C(OH)–C–C–N with tert-alkyl or cyclic N) is 1. The standard InChI is InChI=1S/C18H13F4NO4/c19-11-3-1-10(2-4-11)9-27-12-5-6-13-14(7-12)17(26)23(16(13)25)8-15(24)18(20,21)22/h1-7,15,24H,8-9H2. The lowest BCUT2D eigenvalue weighted by molar-refractivity contribution is -0.204. The van der Waals surface area contributed by atoms with Crippen molar-refractivity contribution in [1.82, 2.24) is 4.90 Å². The lowest BCUT2D eigenvalue weighted by atomic mass is 10.1. The number of rotatable bonds is 5. The number of nitrogens with zero attached hydrogens (tertiary/aromatic N) is 1. The summed E-state index contributed by atoms with van der Waals surface area (Å²) in [6, 6.07) is 9.46. The van der Waals surface area contributed by atoms with Gasteiger partial charge in [-0.1, -0.05) is 12.1 Å². The first-order valence-corrected chi connectivity index (χ1v) is 7.79. The number of aliphatic hydroxyl groups is 1. The fourth-order valence-corrected chi connectivity index (χ4v) is 2.55. The van der Waals surface area contributed by atoms with Gasteiger partial charge in [0.1, 0.15) is 18.2 Å². The van der Waals surface area contributed by atoms with Gasteiger partial charge in [0.05, 0.1) is 17.7 Å². The Labute approximate surface area is 150 Å². The zero-order valence-electron chi connectivity index (χ0n) is 13.7. The molecule has 0 saturated heterocycles. The van der Waals surface area contributed by atoms with Gasteiger partial charge in [-0.25, -0.2) is 4.39 Å². The zero-order chi connectivity index (χ0) is 19.8. The Bertz CT molecular complexity index is 880. The first-order chi connectivity index (χ1) is 12.7. The molecule has 0 aromatic heterocycles. The molecule has 1 aliphatic heterocycles. The Morgan fingerprint density at radius 2 is 1.63 bits per heavy atom. The van der Waals surface area contributed by atoms with Gasteiger partial charge in [-0.2, -0.15) is 13.2 Å². The topological polar surface area (TPSA) is 66.8 Å². The highest BCUT2D eigenvalue weighted by Gasteiger charge is 2.44. The van der Waals surface area contributed by atoms with Gasteiger partial charge in [-0.05, 0) is 35.9 Å². The van der Waals surface area contributed by atoms with E-state index in [1.54, 1.807) is 0 Å². The maximum absolute atomic E-state index is 12.9. The van der Waals surface area contributed by atoms with Crippen molar-refractivity contribution in [2.24, 2.45) is 0 Å². The quantitative estimate of drug-likeness (QED) is 0.637. The van der Waals surface area contributed by atoms with Crippen LogP contribution >= 0.6 is 0 Å². The summed E-state index contributed by atoms with van der Waals surface area (Å²) in [4.78, 5) is 24.8. The van der Waals surface area contributed by atoms with Crippen LogP contribution in [0.4, 0.5) is 17.6 Å². The molecule has 2 aromatic carbocycles. The number of halogens is 4. The van der Waals surface area contributed by atoms with Crippen molar-refractivity contribution in [3.8, 4) is 5.75 Å². The molecule has 1 N–H and O–H groups in total. The Kier molecular flexibility index (Phi) is 4.88. The summed E-state index contributed by atoms with van der Waals surface area (Å²) < 4.78 is 55.8. The first kappa shape index (κ1) is 18.8. The monoisotopic (exact) mass is 383 g/mol. The molecule has 0 radical (unpaired) electrons. The van der Waals surface area contributed by atoms with Gasteiger partial charge in [-0.3, -0.25) is 14.5 Å². The lowest BCUT2D eigenvalue weighted by Gasteiger charge is -2.20. The Hall–Kier alpha value is -2.94. The number of imide groups is 1. The van der Waals surface area contributed by atoms with Crippen LogP contribution in [-0.2, 0) is 6.61 Å². The number of carbonyl (C=O) groups is 2. The second kappa shape index (κ2) is 6.99. The maximum atomic E-state index is 12.9. The van der Waals surface area contributed by atoms with E-state index in [1.807, 2.05) is 0 Å². The third-order valence-corrected chi connectivity index (χ3v) is 3.99. The Morgan fingerprint density at radius 3 is 2.26 bits per heavy atom. The van der Waals surface area contributed by atoms with Crippen molar-refractivity contribution in [3.63, 3.8) is 0 Å². The highest BCUT2D eigenvalue weighted by atomic mass is 19.4. The van der Waals surface area contributed by atoms with Crippen molar-refractivity contribution < 1.29 is 37.0 Å². The van der Waals surface area contributed by atoms with E-state index in [-0.39, 0.29) is 23.5 Å². The van der Waals surface area contributed by atoms with Gasteiger partial charge in [0.25, 0.3) is 11.8 Å². The highest BCUT2D eigenvalue weighted by Crippen LogP contribution is 2.29. The highest BCUT2D eigenvalue weighted by molar-refractivity contribution is 6.21. The van der Waals surface area contributed by atoms with Crippen LogP contribution in [0, 0.1) is 5.82 Å². The molecule has 0 spiro atoms. The van der Waals surface area contributed by atoms with E-state index >= 15 is 0 Å². The molecule has 2 amide bonds. The van der Waals surface area contributed by atoms with Gasteiger partial charge in [0.15, 0.2) is 6.10 Å². The Morgan fingerprint density at radius 1 is 1.00 bits per heavy atom. The van der Waals surface area contributed by atoms with Crippen molar-refractivity contribution in [1.29, 1.82) is 0 Å². The minimum Gasteiger partial charge on any atom is -0.489 e. The molecule has 1 unspecified atom stereocenters. The van der Waals surface area contributed by atoms with E-state index in [0.717, 1.165) is 0 Å². The van der Waals surface area contributed by atoms with Crippen LogP contribution in [0.15, 0.2) is 42.5 Å². The van der Waals surface area contributed by atoms with Gasteiger partial charge in [0.2, 0.25) is 0 Å². The van der Waals surface area contributed by atoms with Gasteiger partial charge in [0, 0.05) is 0 Å². The molecule has 1 heterocycles. The minimum absolute atomic E-state index is 0.0662. The van der Waals surface area contributed by atoms with Gasteiger partial charge >= 0.3 is 6.18 Å². The predicted molar refractivity (Wildman–Crippen MR) is 84.6 cm³/mol. The molecule has 3 rings (SSSR count). The summed E-state index contributed by atoms with van der Waals surface area (Å²) in [6.45, 7) is -1.11. The third-order valence-electron chi connectivity index (χ3n) is 3.99. The first-order valence-electron chi connectivity index (χ1n) is 7.79. The SMILES string of the molecule is O=C1c2ccc(OCc3ccc(F)cc3)cc2C(=O)N1CC(O)C(F)(F)F. The van der Waals surface area contributed by atoms with Gasteiger partial charge < -0.3 is 9.84 Å². The number of ether oxygens (including phenoxy) is 1. The molecule has 2 aromatic rings. The van der Waals surface area contributed by atoms with Crippen LogP contribution in [0.1, 0.15) is 26.3 Å². The van der Waals surface area contributed by atoms with Crippen LogP contribution in [0.25, 0.3) is 0 Å². The maximum Gasteiger partial charge on any atom is 0.416 e. The number of carbonyl (C=O) groups excluding carboxylic acids is 2. The summed E-state index contributed by atoms with van der Waals surface area (Å²) in [5, 5.41) is 9.12. The summed E-state index contributed by atoms with van der Waals surface area (Å²) in [5.41, 5.74) is 0.490. The Balaban J connectivity index is 1.74. The van der Waals surface area contributed by atoms with Crippen molar-refractivity contribution >= 4 is 11.8 Å². The van der Waals surface area contributed by atoms with E-state index < -0.39 is 36.5 Å². The minimum atomic E-state index is -4.95. The molecule has 27 heavy (non-hydrogen) atoms. The number of amides is 2. The third kappa shape index (κ3) is 3.92. The average Bonchev–Trinajstić information content (AvgIpc) is 2.85. The van der Waals surface area contributed by atoms with Gasteiger partial charge in [-0.15, -0.1) is 0 Å². The lowest BCUT2D eigenvalue weighted by Crippen LogP contribution is -2.43. The van der Waals surface area contributed by atoms with E-state index in [1.165, 1.54) is 42.5 Å². The molecular weight excluding hydrogens is 370 g/mol. The molecule has 0 saturated carbocycles. The van der Waals surface area contributed by atoms with Crippen LogP contribution in [0.2, 0.25) is 0 Å². The number of hydrogen-bond acceptors (Lipinski definition) is 4. The van der Waals surface area contributed by atoms with E-state index in [4.69, 9.17) is 9.84 Å². The number of aliphatic hydroxyl groups excluding tert-OH is 1. The molecular formula is C18H13F4NO4.